The maximum absolute atomic E-state index is 11.9. The van der Waals surface area contributed by atoms with Gasteiger partial charge in [-0.15, -0.1) is 0 Å². The number of ether oxygens (including phenoxy) is 1. The predicted octanol–water partition coefficient (Wildman–Crippen LogP) is 1.45. The summed E-state index contributed by atoms with van der Waals surface area (Å²) in [5.41, 5.74) is 1.27. The number of benzene rings is 1. The highest BCUT2D eigenvalue weighted by Crippen LogP contribution is 2.39. The van der Waals surface area contributed by atoms with Crippen molar-refractivity contribution >= 4 is 15.4 Å². The summed E-state index contributed by atoms with van der Waals surface area (Å²) in [5.74, 6) is 0.398. The largest absolute Gasteiger partial charge is 0.497 e. The molecule has 2 rings (SSSR count). The summed E-state index contributed by atoms with van der Waals surface area (Å²) >= 11 is 0. The molecule has 1 unspecified atom stereocenters. The molecule has 1 atom stereocenters. The first-order valence-electron chi connectivity index (χ1n) is 5.25. The fourth-order valence-corrected chi connectivity index (χ4v) is 3.45. The molecule has 1 aliphatic rings. The summed E-state index contributed by atoms with van der Waals surface area (Å²) in [6.45, 7) is 1.70. The Bertz CT molecular complexity index is 572. The van der Waals surface area contributed by atoms with Crippen molar-refractivity contribution < 1.29 is 18.3 Å². The van der Waals surface area contributed by atoms with E-state index in [9.17, 15) is 8.42 Å². The van der Waals surface area contributed by atoms with Crippen LogP contribution in [-0.2, 0) is 9.84 Å². The standard InChI is InChI=1S/C12H14O4S/c1-8(6-13)11-7-17(14,15)12-4-3-9(16-2)5-10(11)12/h3-5,7-8,13H,6H2,1-2H3. The molecule has 0 aliphatic carbocycles. The maximum Gasteiger partial charge on any atom is 0.200 e. The summed E-state index contributed by atoms with van der Waals surface area (Å²) in [6, 6.07) is 4.85. The molecule has 1 heterocycles. The molecule has 1 N–H and O–H groups in total. The molecule has 0 amide bonds. The van der Waals surface area contributed by atoms with E-state index in [2.05, 4.69) is 0 Å². The first kappa shape index (κ1) is 12.1. The summed E-state index contributed by atoms with van der Waals surface area (Å²) in [4.78, 5) is 0.286. The second kappa shape index (κ2) is 4.16. The Morgan fingerprint density at radius 2 is 2.12 bits per heavy atom. The Balaban J connectivity index is 2.62. The van der Waals surface area contributed by atoms with Crippen molar-refractivity contribution in [2.24, 2.45) is 5.92 Å². The summed E-state index contributed by atoms with van der Waals surface area (Å²) < 4.78 is 28.9. The van der Waals surface area contributed by atoms with Gasteiger partial charge in [-0.2, -0.15) is 0 Å². The normalized spacial score (nSPS) is 18.4. The van der Waals surface area contributed by atoms with Crippen LogP contribution in [0.25, 0.3) is 5.57 Å². The Morgan fingerprint density at radius 1 is 1.41 bits per heavy atom. The number of fused-ring (bicyclic) bond motifs is 1. The van der Waals surface area contributed by atoms with Gasteiger partial charge in [0.05, 0.1) is 12.0 Å². The highest BCUT2D eigenvalue weighted by atomic mass is 32.2. The third kappa shape index (κ3) is 1.96. The van der Waals surface area contributed by atoms with Gasteiger partial charge in [0.25, 0.3) is 0 Å². The quantitative estimate of drug-likeness (QED) is 0.886. The van der Waals surface area contributed by atoms with E-state index in [1.54, 1.807) is 19.1 Å². The van der Waals surface area contributed by atoms with Crippen LogP contribution < -0.4 is 4.74 Å². The van der Waals surface area contributed by atoms with E-state index in [4.69, 9.17) is 9.84 Å². The molecule has 5 heteroatoms. The summed E-state index contributed by atoms with van der Waals surface area (Å²) in [6.07, 6.45) is 0. The van der Waals surface area contributed by atoms with E-state index in [1.807, 2.05) is 0 Å². The number of aliphatic hydroxyl groups is 1. The number of hydrogen-bond donors (Lipinski definition) is 1. The number of sulfone groups is 1. The van der Waals surface area contributed by atoms with Gasteiger partial charge < -0.3 is 9.84 Å². The molecule has 0 spiro atoms. The topological polar surface area (TPSA) is 63.6 Å². The summed E-state index contributed by atoms with van der Waals surface area (Å²) in [5, 5.41) is 10.4. The molecular formula is C12H14O4S. The van der Waals surface area contributed by atoms with Gasteiger partial charge >= 0.3 is 0 Å². The van der Waals surface area contributed by atoms with Crippen molar-refractivity contribution in [2.45, 2.75) is 11.8 Å². The zero-order chi connectivity index (χ0) is 12.6. The smallest absolute Gasteiger partial charge is 0.200 e. The lowest BCUT2D eigenvalue weighted by Gasteiger charge is -2.11. The maximum atomic E-state index is 11.9. The first-order valence-corrected chi connectivity index (χ1v) is 6.80. The van der Waals surface area contributed by atoms with E-state index in [0.717, 1.165) is 0 Å². The fraction of sp³-hybridized carbons (Fsp3) is 0.333. The van der Waals surface area contributed by atoms with Gasteiger partial charge in [-0.05, 0) is 23.8 Å². The van der Waals surface area contributed by atoms with Crippen molar-refractivity contribution in [3.8, 4) is 5.75 Å². The molecule has 0 radical (unpaired) electrons. The van der Waals surface area contributed by atoms with Crippen molar-refractivity contribution in [1.82, 2.24) is 0 Å². The van der Waals surface area contributed by atoms with Gasteiger partial charge in [0.2, 0.25) is 9.84 Å². The van der Waals surface area contributed by atoms with E-state index in [0.29, 0.717) is 16.9 Å². The molecule has 1 aromatic carbocycles. The highest BCUT2D eigenvalue weighted by Gasteiger charge is 2.29. The first-order chi connectivity index (χ1) is 7.99. The molecule has 0 bridgehead atoms. The molecule has 0 fully saturated rings. The minimum absolute atomic E-state index is 0.0853. The summed E-state index contributed by atoms with van der Waals surface area (Å²) in [7, 11) is -1.83. The van der Waals surface area contributed by atoms with E-state index >= 15 is 0 Å². The second-order valence-corrected chi connectivity index (χ2v) is 5.83. The van der Waals surface area contributed by atoms with Crippen molar-refractivity contribution in [2.75, 3.05) is 13.7 Å². The van der Waals surface area contributed by atoms with Crippen LogP contribution in [0.5, 0.6) is 5.75 Å². The van der Waals surface area contributed by atoms with Crippen LogP contribution in [0, 0.1) is 5.92 Å². The van der Waals surface area contributed by atoms with Crippen LogP contribution in [0.15, 0.2) is 28.5 Å². The number of methoxy groups -OCH3 is 1. The van der Waals surface area contributed by atoms with Crippen molar-refractivity contribution in [3.05, 3.63) is 29.2 Å². The van der Waals surface area contributed by atoms with E-state index < -0.39 is 9.84 Å². The molecule has 17 heavy (non-hydrogen) atoms. The monoisotopic (exact) mass is 254 g/mol. The number of rotatable bonds is 3. The molecule has 1 aromatic rings. The zero-order valence-corrected chi connectivity index (χ0v) is 10.5. The minimum atomic E-state index is -3.36. The highest BCUT2D eigenvalue weighted by molar-refractivity contribution is 7.95. The molecule has 0 saturated heterocycles. The van der Waals surface area contributed by atoms with Crippen LogP contribution in [0.3, 0.4) is 0 Å². The molecular weight excluding hydrogens is 240 g/mol. The molecule has 0 saturated carbocycles. The second-order valence-electron chi connectivity index (χ2n) is 4.06. The Labute approximate surface area is 100 Å². The van der Waals surface area contributed by atoms with E-state index in [-0.39, 0.29) is 17.4 Å². The Kier molecular flexibility index (Phi) is 2.97. The predicted molar refractivity (Wildman–Crippen MR) is 64.4 cm³/mol. The zero-order valence-electron chi connectivity index (χ0n) is 9.67. The van der Waals surface area contributed by atoms with Gasteiger partial charge in [-0.1, -0.05) is 6.92 Å². The Hall–Kier alpha value is -1.33. The number of hydrogen-bond acceptors (Lipinski definition) is 4. The van der Waals surface area contributed by atoms with Gasteiger partial charge in [-0.25, -0.2) is 8.42 Å². The van der Waals surface area contributed by atoms with Crippen molar-refractivity contribution in [1.29, 1.82) is 0 Å². The van der Waals surface area contributed by atoms with Crippen LogP contribution in [0.2, 0.25) is 0 Å². The van der Waals surface area contributed by atoms with Crippen LogP contribution in [-0.4, -0.2) is 27.2 Å². The van der Waals surface area contributed by atoms with Crippen molar-refractivity contribution in [3.63, 3.8) is 0 Å². The lowest BCUT2D eigenvalue weighted by atomic mass is 9.96. The number of aliphatic hydroxyl groups excluding tert-OH is 1. The van der Waals surface area contributed by atoms with Gasteiger partial charge in [0.1, 0.15) is 5.75 Å². The van der Waals surface area contributed by atoms with Crippen LogP contribution in [0.4, 0.5) is 0 Å². The minimum Gasteiger partial charge on any atom is -0.497 e. The average molecular weight is 254 g/mol. The Morgan fingerprint density at radius 3 is 2.71 bits per heavy atom. The van der Waals surface area contributed by atoms with Gasteiger partial charge in [0, 0.05) is 23.5 Å². The van der Waals surface area contributed by atoms with Gasteiger partial charge in [0.15, 0.2) is 0 Å². The van der Waals surface area contributed by atoms with E-state index in [1.165, 1.54) is 18.6 Å². The third-order valence-electron chi connectivity index (χ3n) is 2.89. The molecule has 92 valence electrons. The molecule has 4 nitrogen and oxygen atoms in total. The van der Waals surface area contributed by atoms with Crippen LogP contribution >= 0.6 is 0 Å². The van der Waals surface area contributed by atoms with Crippen LogP contribution in [0.1, 0.15) is 12.5 Å². The molecule has 1 aliphatic heterocycles. The fourth-order valence-electron chi connectivity index (χ4n) is 1.88. The van der Waals surface area contributed by atoms with Gasteiger partial charge in [-0.3, -0.25) is 0 Å². The lowest BCUT2D eigenvalue weighted by molar-refractivity contribution is 0.266. The average Bonchev–Trinajstić information content (AvgIpc) is 2.60. The SMILES string of the molecule is COc1ccc2c(c1)C(C(C)CO)=CS2(=O)=O. The molecule has 0 aromatic heterocycles. The third-order valence-corrected chi connectivity index (χ3v) is 4.42. The lowest BCUT2D eigenvalue weighted by Crippen LogP contribution is -2.02.